The summed E-state index contributed by atoms with van der Waals surface area (Å²) in [4.78, 5) is 4.43. The van der Waals surface area contributed by atoms with Crippen molar-refractivity contribution in [3.63, 3.8) is 0 Å². The minimum Gasteiger partial charge on any atom is -0.372 e. The molecule has 1 fully saturated rings. The lowest BCUT2D eigenvalue weighted by molar-refractivity contribution is 0.435. The van der Waals surface area contributed by atoms with Crippen molar-refractivity contribution in [2.24, 2.45) is 11.8 Å². The summed E-state index contributed by atoms with van der Waals surface area (Å²) in [6.07, 6.45) is 2.42. The summed E-state index contributed by atoms with van der Waals surface area (Å²) in [5, 5.41) is 7.53. The van der Waals surface area contributed by atoms with Gasteiger partial charge in [0.15, 0.2) is 0 Å². The van der Waals surface area contributed by atoms with E-state index in [4.69, 9.17) is 23.2 Å². The molecule has 1 saturated carbocycles. The summed E-state index contributed by atoms with van der Waals surface area (Å²) < 4.78 is 0. The van der Waals surface area contributed by atoms with Crippen LogP contribution in [0, 0.1) is 11.8 Å². The quantitative estimate of drug-likeness (QED) is 0.871. The maximum atomic E-state index is 6.18. The standard InChI is InChI=1S/C13H19Cl2N3/c1-7-4-5-11(8(7)2)17-13-10(15)6-9(14)12(16-3)18-13/h6-8,11H,4-5H2,1-3H3,(H2,16,17,18). The van der Waals surface area contributed by atoms with Crippen molar-refractivity contribution in [3.05, 3.63) is 16.1 Å². The third-order valence-corrected chi connectivity index (χ3v) is 4.53. The Labute approximate surface area is 118 Å². The molecule has 100 valence electrons. The fraction of sp³-hybridized carbons (Fsp3) is 0.615. The average Bonchev–Trinajstić information content (AvgIpc) is 2.64. The molecule has 3 atom stereocenters. The summed E-state index contributed by atoms with van der Waals surface area (Å²) in [6, 6.07) is 2.17. The molecule has 0 spiro atoms. The van der Waals surface area contributed by atoms with E-state index < -0.39 is 0 Å². The van der Waals surface area contributed by atoms with Gasteiger partial charge in [-0.3, -0.25) is 0 Å². The second-order valence-electron chi connectivity index (χ2n) is 5.06. The maximum Gasteiger partial charge on any atom is 0.147 e. The molecular weight excluding hydrogens is 269 g/mol. The van der Waals surface area contributed by atoms with Gasteiger partial charge >= 0.3 is 0 Å². The van der Waals surface area contributed by atoms with Crippen LogP contribution in [0.5, 0.6) is 0 Å². The van der Waals surface area contributed by atoms with Gasteiger partial charge in [-0.15, -0.1) is 0 Å². The predicted molar refractivity (Wildman–Crippen MR) is 78.8 cm³/mol. The van der Waals surface area contributed by atoms with Crippen LogP contribution in [0.1, 0.15) is 26.7 Å². The molecule has 1 aromatic rings. The van der Waals surface area contributed by atoms with Crippen LogP contribution in [-0.2, 0) is 0 Å². The van der Waals surface area contributed by atoms with Crippen molar-refractivity contribution in [2.45, 2.75) is 32.7 Å². The van der Waals surface area contributed by atoms with Gasteiger partial charge in [0.25, 0.3) is 0 Å². The van der Waals surface area contributed by atoms with E-state index in [9.17, 15) is 0 Å². The molecule has 0 saturated heterocycles. The van der Waals surface area contributed by atoms with Gasteiger partial charge in [-0.25, -0.2) is 4.98 Å². The number of pyridine rings is 1. The fourth-order valence-corrected chi connectivity index (χ4v) is 2.99. The van der Waals surface area contributed by atoms with Crippen LogP contribution in [0.3, 0.4) is 0 Å². The van der Waals surface area contributed by atoms with Gasteiger partial charge in [-0.2, -0.15) is 0 Å². The maximum absolute atomic E-state index is 6.18. The van der Waals surface area contributed by atoms with Crippen molar-refractivity contribution in [1.29, 1.82) is 0 Å². The first kappa shape index (κ1) is 13.8. The molecule has 1 heterocycles. The van der Waals surface area contributed by atoms with Crippen molar-refractivity contribution < 1.29 is 0 Å². The summed E-state index contributed by atoms with van der Waals surface area (Å²) in [5.74, 6) is 2.76. The molecule has 1 aliphatic rings. The first-order chi connectivity index (χ1) is 8.52. The summed E-state index contributed by atoms with van der Waals surface area (Å²) >= 11 is 12.2. The highest BCUT2D eigenvalue weighted by molar-refractivity contribution is 6.37. The van der Waals surface area contributed by atoms with Crippen LogP contribution in [-0.4, -0.2) is 18.1 Å². The van der Waals surface area contributed by atoms with Crippen LogP contribution in [0.2, 0.25) is 10.0 Å². The monoisotopic (exact) mass is 287 g/mol. The van der Waals surface area contributed by atoms with Crippen LogP contribution in [0.15, 0.2) is 6.07 Å². The smallest absolute Gasteiger partial charge is 0.147 e. The van der Waals surface area contributed by atoms with Gasteiger partial charge in [0.1, 0.15) is 11.6 Å². The molecule has 0 amide bonds. The van der Waals surface area contributed by atoms with Crippen molar-refractivity contribution in [3.8, 4) is 0 Å². The van der Waals surface area contributed by atoms with Gasteiger partial charge < -0.3 is 10.6 Å². The number of rotatable bonds is 3. The van der Waals surface area contributed by atoms with Crippen LogP contribution >= 0.6 is 23.2 Å². The van der Waals surface area contributed by atoms with Crippen molar-refractivity contribution in [1.82, 2.24) is 4.98 Å². The van der Waals surface area contributed by atoms with E-state index in [2.05, 4.69) is 29.5 Å². The van der Waals surface area contributed by atoms with E-state index in [-0.39, 0.29) is 0 Å². The number of nitrogens with zero attached hydrogens (tertiary/aromatic N) is 1. The van der Waals surface area contributed by atoms with E-state index in [1.807, 2.05) is 0 Å². The Bertz CT molecular complexity index is 436. The topological polar surface area (TPSA) is 37.0 Å². The second kappa shape index (κ2) is 5.54. The summed E-state index contributed by atoms with van der Waals surface area (Å²) in [6.45, 7) is 4.57. The minimum absolute atomic E-state index is 0.441. The van der Waals surface area contributed by atoms with Gasteiger partial charge in [0.2, 0.25) is 0 Å². The van der Waals surface area contributed by atoms with Crippen molar-refractivity contribution in [2.75, 3.05) is 17.7 Å². The highest BCUT2D eigenvalue weighted by atomic mass is 35.5. The van der Waals surface area contributed by atoms with Crippen LogP contribution in [0.25, 0.3) is 0 Å². The van der Waals surface area contributed by atoms with Crippen LogP contribution < -0.4 is 10.6 Å². The zero-order chi connectivity index (χ0) is 13.3. The number of halogens is 2. The van der Waals surface area contributed by atoms with Crippen LogP contribution in [0.4, 0.5) is 11.6 Å². The largest absolute Gasteiger partial charge is 0.372 e. The lowest BCUT2D eigenvalue weighted by Crippen LogP contribution is -2.24. The fourth-order valence-electron chi connectivity index (χ4n) is 2.49. The third kappa shape index (κ3) is 2.67. The molecule has 3 nitrogen and oxygen atoms in total. The number of hydrogen-bond donors (Lipinski definition) is 2. The van der Waals surface area contributed by atoms with Gasteiger partial charge in [-0.05, 0) is 30.7 Å². The molecular formula is C13H19Cl2N3. The van der Waals surface area contributed by atoms with Gasteiger partial charge in [-0.1, -0.05) is 37.0 Å². The predicted octanol–water partition coefficient (Wildman–Crippen LogP) is 4.28. The first-order valence-corrected chi connectivity index (χ1v) is 7.08. The van der Waals surface area contributed by atoms with Gasteiger partial charge in [0, 0.05) is 13.1 Å². The summed E-state index contributed by atoms with van der Waals surface area (Å²) in [7, 11) is 1.80. The third-order valence-electron chi connectivity index (χ3n) is 3.95. The molecule has 5 heteroatoms. The van der Waals surface area contributed by atoms with E-state index in [0.717, 1.165) is 18.2 Å². The SMILES string of the molecule is CNc1nc(NC2CCC(C)C2C)c(Cl)cc1Cl. The average molecular weight is 288 g/mol. The van der Waals surface area contributed by atoms with E-state index in [0.29, 0.717) is 27.8 Å². The molecule has 1 aliphatic carbocycles. The Kier molecular flexibility index (Phi) is 4.23. The number of hydrogen-bond acceptors (Lipinski definition) is 3. The molecule has 0 bridgehead atoms. The van der Waals surface area contributed by atoms with E-state index in [1.54, 1.807) is 13.1 Å². The molecule has 2 rings (SSSR count). The van der Waals surface area contributed by atoms with E-state index in [1.165, 1.54) is 6.42 Å². The van der Waals surface area contributed by atoms with Gasteiger partial charge in [0.05, 0.1) is 10.0 Å². The Morgan fingerprint density at radius 1 is 1.17 bits per heavy atom. The normalized spacial score (nSPS) is 27.3. The molecule has 0 aliphatic heterocycles. The Hall–Kier alpha value is -0.670. The molecule has 18 heavy (non-hydrogen) atoms. The summed E-state index contributed by atoms with van der Waals surface area (Å²) in [5.41, 5.74) is 0. The van der Waals surface area contributed by atoms with Crippen molar-refractivity contribution >= 4 is 34.8 Å². The minimum atomic E-state index is 0.441. The number of nitrogens with one attached hydrogen (secondary N) is 2. The Morgan fingerprint density at radius 2 is 1.83 bits per heavy atom. The zero-order valence-electron chi connectivity index (χ0n) is 10.9. The first-order valence-electron chi connectivity index (χ1n) is 6.33. The Balaban J connectivity index is 2.19. The highest BCUT2D eigenvalue weighted by Gasteiger charge is 2.30. The molecule has 0 aromatic carbocycles. The zero-order valence-corrected chi connectivity index (χ0v) is 12.4. The molecule has 1 aromatic heterocycles. The Morgan fingerprint density at radius 3 is 2.39 bits per heavy atom. The lowest BCUT2D eigenvalue weighted by Gasteiger charge is -2.21. The lowest BCUT2D eigenvalue weighted by atomic mass is 9.98. The number of aromatic nitrogens is 1. The molecule has 0 radical (unpaired) electrons. The number of anilines is 2. The molecule has 2 N–H and O–H groups in total. The highest BCUT2D eigenvalue weighted by Crippen LogP contribution is 2.35. The van der Waals surface area contributed by atoms with E-state index >= 15 is 0 Å². The molecule has 3 unspecified atom stereocenters. The second-order valence-corrected chi connectivity index (χ2v) is 5.88.